The van der Waals surface area contributed by atoms with Crippen LogP contribution in [0.2, 0.25) is 0 Å². The predicted molar refractivity (Wildman–Crippen MR) is 87.6 cm³/mol. The zero-order valence-corrected chi connectivity index (χ0v) is 14.6. The highest BCUT2D eigenvalue weighted by molar-refractivity contribution is 9.10. The lowest BCUT2D eigenvalue weighted by Crippen LogP contribution is -2.30. The number of nitrogens with one attached hydrogen (secondary N) is 1. The van der Waals surface area contributed by atoms with Crippen molar-refractivity contribution in [3.05, 3.63) is 34.3 Å². The monoisotopic (exact) mass is 383 g/mol. The van der Waals surface area contributed by atoms with E-state index < -0.39 is 5.51 Å². The summed E-state index contributed by atoms with van der Waals surface area (Å²) >= 11 is 3.57. The van der Waals surface area contributed by atoms with Crippen LogP contribution in [0.1, 0.15) is 25.8 Å². The molecular weight excluding hydrogens is 363 g/mol. The van der Waals surface area contributed by atoms with Crippen LogP contribution in [0.3, 0.4) is 0 Å². The van der Waals surface area contributed by atoms with E-state index in [2.05, 4.69) is 21.2 Å². The molecule has 1 atom stereocenters. The summed E-state index contributed by atoms with van der Waals surface area (Å²) in [6, 6.07) is 8.21. The molecule has 0 aromatic heterocycles. The molecule has 1 nitrogen and oxygen atoms in total. The summed E-state index contributed by atoms with van der Waals surface area (Å²) in [7, 11) is 0. The fourth-order valence-corrected chi connectivity index (χ4v) is 3.12. The zero-order chi connectivity index (χ0) is 15.9. The second kappa shape index (κ2) is 9.06. The molecule has 0 saturated carbocycles. The van der Waals surface area contributed by atoms with E-state index in [1.165, 1.54) is 0 Å². The van der Waals surface area contributed by atoms with Crippen molar-refractivity contribution in [3.63, 3.8) is 0 Å². The standard InChI is InChI=1S/C15H21BrF3NS/c1-11(2)20-10-12(7-8-21-15(17,18)19)9-13-5-3-4-6-14(13)16/h3-6,11-12,20H,7-10H2,1-2H3. The number of rotatable bonds is 8. The molecule has 0 aliphatic rings. The molecule has 0 saturated heterocycles. The summed E-state index contributed by atoms with van der Waals surface area (Å²) in [6.45, 7) is 4.82. The van der Waals surface area contributed by atoms with Crippen LogP contribution in [0, 0.1) is 5.92 Å². The van der Waals surface area contributed by atoms with E-state index in [0.29, 0.717) is 12.5 Å². The Morgan fingerprint density at radius 3 is 2.48 bits per heavy atom. The summed E-state index contributed by atoms with van der Waals surface area (Å²) in [5, 5.41) is 3.33. The molecule has 21 heavy (non-hydrogen) atoms. The second-order valence-corrected chi connectivity index (χ2v) is 7.32. The third-order valence-corrected chi connectivity index (χ3v) is 4.61. The van der Waals surface area contributed by atoms with Crippen molar-refractivity contribution in [3.8, 4) is 0 Å². The molecule has 6 heteroatoms. The molecule has 0 radical (unpaired) electrons. The first-order valence-corrected chi connectivity index (χ1v) is 8.73. The average molecular weight is 384 g/mol. The van der Waals surface area contributed by atoms with Gasteiger partial charge in [0, 0.05) is 16.3 Å². The van der Waals surface area contributed by atoms with E-state index >= 15 is 0 Å². The van der Waals surface area contributed by atoms with E-state index in [0.717, 1.165) is 23.0 Å². The van der Waals surface area contributed by atoms with Gasteiger partial charge in [-0.15, -0.1) is 0 Å². The molecule has 1 unspecified atom stereocenters. The van der Waals surface area contributed by atoms with Crippen LogP contribution in [0.25, 0.3) is 0 Å². The van der Waals surface area contributed by atoms with Crippen molar-refractivity contribution in [2.24, 2.45) is 5.92 Å². The molecule has 1 aromatic carbocycles. The normalized spacial score (nSPS) is 13.7. The van der Waals surface area contributed by atoms with Crippen molar-refractivity contribution >= 4 is 27.7 Å². The average Bonchev–Trinajstić information content (AvgIpc) is 2.36. The lowest BCUT2D eigenvalue weighted by Gasteiger charge is -2.20. The maximum Gasteiger partial charge on any atom is 0.441 e. The molecule has 0 bridgehead atoms. The third-order valence-electron chi connectivity index (χ3n) is 3.07. The highest BCUT2D eigenvalue weighted by atomic mass is 79.9. The molecule has 0 aliphatic heterocycles. The van der Waals surface area contributed by atoms with Crippen molar-refractivity contribution in [2.45, 2.75) is 38.2 Å². The SMILES string of the molecule is CC(C)NCC(CCSC(F)(F)F)Cc1ccccc1Br. The predicted octanol–water partition coefficient (Wildman–Crippen LogP) is 5.25. The van der Waals surface area contributed by atoms with Crippen molar-refractivity contribution < 1.29 is 13.2 Å². The van der Waals surface area contributed by atoms with Gasteiger partial charge in [-0.1, -0.05) is 59.7 Å². The van der Waals surface area contributed by atoms with Crippen molar-refractivity contribution in [2.75, 3.05) is 12.3 Å². The second-order valence-electron chi connectivity index (χ2n) is 5.31. The summed E-state index contributed by atoms with van der Waals surface area (Å²) in [4.78, 5) is 0. The Morgan fingerprint density at radius 1 is 1.24 bits per heavy atom. The van der Waals surface area contributed by atoms with Crippen molar-refractivity contribution in [1.82, 2.24) is 5.32 Å². The van der Waals surface area contributed by atoms with E-state index in [4.69, 9.17) is 0 Å². The summed E-state index contributed by atoms with van der Waals surface area (Å²) < 4.78 is 37.8. The molecule has 1 N–H and O–H groups in total. The van der Waals surface area contributed by atoms with Crippen LogP contribution in [0.5, 0.6) is 0 Å². The fraction of sp³-hybridized carbons (Fsp3) is 0.600. The molecule has 0 amide bonds. The fourth-order valence-electron chi connectivity index (χ4n) is 1.99. The molecule has 0 heterocycles. The van der Waals surface area contributed by atoms with E-state index in [-0.39, 0.29) is 23.4 Å². The van der Waals surface area contributed by atoms with Gasteiger partial charge in [0.25, 0.3) is 0 Å². The van der Waals surface area contributed by atoms with Gasteiger partial charge in [-0.05, 0) is 36.9 Å². The van der Waals surface area contributed by atoms with Crippen LogP contribution in [-0.2, 0) is 6.42 Å². The minimum atomic E-state index is -4.14. The van der Waals surface area contributed by atoms with Crippen LogP contribution in [-0.4, -0.2) is 23.8 Å². The maximum atomic E-state index is 12.3. The van der Waals surface area contributed by atoms with Gasteiger partial charge < -0.3 is 5.32 Å². The van der Waals surface area contributed by atoms with E-state index in [9.17, 15) is 13.2 Å². The van der Waals surface area contributed by atoms with Crippen molar-refractivity contribution in [1.29, 1.82) is 0 Å². The Balaban J connectivity index is 2.57. The van der Waals surface area contributed by atoms with Gasteiger partial charge in [-0.2, -0.15) is 13.2 Å². The Bertz CT molecular complexity index is 424. The lowest BCUT2D eigenvalue weighted by molar-refractivity contribution is -0.0328. The van der Waals surface area contributed by atoms with Gasteiger partial charge in [0.1, 0.15) is 0 Å². The topological polar surface area (TPSA) is 12.0 Å². The van der Waals surface area contributed by atoms with Crippen LogP contribution >= 0.6 is 27.7 Å². The minimum Gasteiger partial charge on any atom is -0.314 e. The summed E-state index contributed by atoms with van der Waals surface area (Å²) in [6.07, 6.45) is 1.32. The molecular formula is C15H21BrF3NS. The number of alkyl halides is 3. The molecule has 1 aromatic rings. The van der Waals surface area contributed by atoms with Crippen LogP contribution in [0.4, 0.5) is 13.2 Å². The minimum absolute atomic E-state index is 0.0714. The first-order chi connectivity index (χ1) is 9.78. The summed E-state index contributed by atoms with van der Waals surface area (Å²) in [5.41, 5.74) is -2.99. The number of hydrogen-bond acceptors (Lipinski definition) is 2. The molecule has 120 valence electrons. The van der Waals surface area contributed by atoms with Gasteiger partial charge in [-0.3, -0.25) is 0 Å². The number of hydrogen-bond donors (Lipinski definition) is 1. The van der Waals surface area contributed by atoms with Crippen LogP contribution < -0.4 is 5.32 Å². The number of benzene rings is 1. The number of thioether (sulfide) groups is 1. The first-order valence-electron chi connectivity index (χ1n) is 6.95. The van der Waals surface area contributed by atoms with E-state index in [1.54, 1.807) is 0 Å². The van der Waals surface area contributed by atoms with Crippen LogP contribution in [0.15, 0.2) is 28.7 Å². The van der Waals surface area contributed by atoms with Gasteiger partial charge in [0.15, 0.2) is 0 Å². The largest absolute Gasteiger partial charge is 0.441 e. The first kappa shape index (κ1) is 18.8. The Hall–Kier alpha value is -0.200. The molecule has 1 rings (SSSR count). The quantitative estimate of drug-likeness (QED) is 0.657. The Kier molecular flexibility index (Phi) is 8.13. The van der Waals surface area contributed by atoms with Gasteiger partial charge in [-0.25, -0.2) is 0 Å². The van der Waals surface area contributed by atoms with Gasteiger partial charge >= 0.3 is 5.51 Å². The molecule has 0 spiro atoms. The Morgan fingerprint density at radius 2 is 1.90 bits per heavy atom. The maximum absolute atomic E-state index is 12.3. The smallest absolute Gasteiger partial charge is 0.314 e. The van der Waals surface area contributed by atoms with Gasteiger partial charge in [0.05, 0.1) is 0 Å². The highest BCUT2D eigenvalue weighted by Gasteiger charge is 2.28. The zero-order valence-electron chi connectivity index (χ0n) is 12.2. The number of halogens is 4. The highest BCUT2D eigenvalue weighted by Crippen LogP contribution is 2.32. The molecule has 0 fully saturated rings. The summed E-state index contributed by atoms with van der Waals surface area (Å²) in [5.74, 6) is 0.305. The Labute approximate surface area is 137 Å². The van der Waals surface area contributed by atoms with Gasteiger partial charge in [0.2, 0.25) is 0 Å². The third kappa shape index (κ3) is 8.73. The lowest BCUT2D eigenvalue weighted by atomic mass is 9.96. The molecule has 0 aliphatic carbocycles. The van der Waals surface area contributed by atoms with E-state index in [1.807, 2.05) is 38.1 Å².